The van der Waals surface area contributed by atoms with E-state index in [-0.39, 0.29) is 0 Å². The van der Waals surface area contributed by atoms with Crippen LogP contribution in [0, 0.1) is 0 Å². The summed E-state index contributed by atoms with van der Waals surface area (Å²) < 4.78 is 0. The van der Waals surface area contributed by atoms with Crippen molar-refractivity contribution in [2.45, 2.75) is 32.6 Å². The summed E-state index contributed by atoms with van der Waals surface area (Å²) in [7, 11) is 0. The zero-order valence-electron chi connectivity index (χ0n) is 10.3. The fourth-order valence-corrected chi connectivity index (χ4v) is 2.44. The zero-order chi connectivity index (χ0) is 12.5. The van der Waals surface area contributed by atoms with Crippen LogP contribution in [0.3, 0.4) is 0 Å². The maximum absolute atomic E-state index is 6.04. The second-order valence-corrected chi connectivity index (χ2v) is 4.58. The zero-order valence-corrected chi connectivity index (χ0v) is 11.8. The van der Waals surface area contributed by atoms with Gasteiger partial charge in [-0.25, -0.2) is 0 Å². The number of alkyl halides is 2. The Balaban J connectivity index is 2.86. The van der Waals surface area contributed by atoms with Gasteiger partial charge in [-0.2, -0.15) is 0 Å². The van der Waals surface area contributed by atoms with E-state index in [2.05, 4.69) is 11.9 Å². The van der Waals surface area contributed by atoms with Crippen LogP contribution in [0.25, 0.3) is 5.57 Å². The second-order valence-electron chi connectivity index (χ2n) is 4.05. The van der Waals surface area contributed by atoms with Crippen LogP contribution in [0.15, 0.2) is 30.1 Å². The predicted molar refractivity (Wildman–Crippen MR) is 76.7 cm³/mol. The Labute approximate surface area is 114 Å². The van der Waals surface area contributed by atoms with Gasteiger partial charge >= 0.3 is 0 Å². The molecule has 3 heteroatoms. The van der Waals surface area contributed by atoms with Crippen LogP contribution in [0.2, 0.25) is 0 Å². The summed E-state index contributed by atoms with van der Waals surface area (Å²) >= 11 is 12.1. The van der Waals surface area contributed by atoms with Crippen molar-refractivity contribution in [2.75, 3.05) is 11.8 Å². The summed E-state index contributed by atoms with van der Waals surface area (Å²) in [6, 6.07) is 3.97. The summed E-state index contributed by atoms with van der Waals surface area (Å²) in [6.07, 6.45) is 8.30. The van der Waals surface area contributed by atoms with Gasteiger partial charge in [0.1, 0.15) is 0 Å². The molecule has 0 fully saturated rings. The summed E-state index contributed by atoms with van der Waals surface area (Å²) in [5.74, 6) is 1.06. The van der Waals surface area contributed by atoms with Crippen LogP contribution < -0.4 is 0 Å². The van der Waals surface area contributed by atoms with E-state index in [9.17, 15) is 0 Å². The van der Waals surface area contributed by atoms with Crippen molar-refractivity contribution in [1.29, 1.82) is 0 Å². The van der Waals surface area contributed by atoms with Gasteiger partial charge in [0.2, 0.25) is 0 Å². The van der Waals surface area contributed by atoms with Crippen molar-refractivity contribution in [3.8, 4) is 0 Å². The first-order valence-corrected chi connectivity index (χ1v) is 7.13. The van der Waals surface area contributed by atoms with E-state index in [1.54, 1.807) is 6.20 Å². The number of unbranched alkanes of at least 4 members (excludes halogenated alkanes) is 2. The molecule has 0 aliphatic rings. The molecule has 0 N–H and O–H groups in total. The summed E-state index contributed by atoms with van der Waals surface area (Å²) in [4.78, 5) is 4.13. The highest BCUT2D eigenvalue weighted by Crippen LogP contribution is 2.24. The van der Waals surface area contributed by atoms with Crippen LogP contribution in [0.4, 0.5) is 0 Å². The lowest BCUT2D eigenvalue weighted by molar-refractivity contribution is 0.714. The number of rotatable bonds is 7. The Kier molecular flexibility index (Phi) is 7.30. The number of halogens is 2. The Bertz CT molecular complexity index is 346. The Morgan fingerprint density at radius 3 is 2.59 bits per heavy atom. The highest BCUT2D eigenvalue weighted by molar-refractivity contribution is 6.24. The minimum atomic E-state index is 0.500. The molecule has 1 aromatic heterocycles. The van der Waals surface area contributed by atoms with Crippen molar-refractivity contribution in [2.24, 2.45) is 0 Å². The van der Waals surface area contributed by atoms with Gasteiger partial charge in [-0.1, -0.05) is 31.4 Å². The molecule has 0 saturated carbocycles. The highest BCUT2D eigenvalue weighted by Gasteiger charge is 2.07. The van der Waals surface area contributed by atoms with Gasteiger partial charge in [0.25, 0.3) is 0 Å². The molecule has 0 atom stereocenters. The molecule has 0 bridgehead atoms. The standard InChI is InChI=1S/C14H19Cl2N/c1-2-3-4-6-12(9-15)14(10-16)13-7-5-8-17-11-13/h5,7-8,11H,2-4,6,9-10H2,1H3/b14-12+. The first-order chi connectivity index (χ1) is 8.33. The lowest BCUT2D eigenvalue weighted by atomic mass is 9.99. The topological polar surface area (TPSA) is 12.9 Å². The van der Waals surface area contributed by atoms with Crippen molar-refractivity contribution in [1.82, 2.24) is 4.98 Å². The van der Waals surface area contributed by atoms with Gasteiger partial charge in [-0.15, -0.1) is 23.2 Å². The molecule has 17 heavy (non-hydrogen) atoms. The van der Waals surface area contributed by atoms with E-state index in [4.69, 9.17) is 23.2 Å². The molecule has 1 nitrogen and oxygen atoms in total. The first kappa shape index (κ1) is 14.5. The van der Waals surface area contributed by atoms with E-state index >= 15 is 0 Å². The third kappa shape index (κ3) is 4.69. The Morgan fingerprint density at radius 2 is 2.06 bits per heavy atom. The van der Waals surface area contributed by atoms with Crippen LogP contribution in [-0.4, -0.2) is 16.7 Å². The van der Waals surface area contributed by atoms with Crippen LogP contribution in [0.5, 0.6) is 0 Å². The minimum absolute atomic E-state index is 0.500. The molecule has 0 aliphatic carbocycles. The van der Waals surface area contributed by atoms with E-state index in [0.29, 0.717) is 11.8 Å². The van der Waals surface area contributed by atoms with E-state index in [0.717, 1.165) is 17.6 Å². The fourth-order valence-electron chi connectivity index (χ4n) is 1.80. The first-order valence-electron chi connectivity index (χ1n) is 6.06. The van der Waals surface area contributed by atoms with E-state index in [1.807, 2.05) is 18.3 Å². The molecular weight excluding hydrogens is 253 g/mol. The quantitative estimate of drug-likeness (QED) is 0.508. The Hall–Kier alpha value is -0.530. The normalized spacial score (nSPS) is 12.4. The fraction of sp³-hybridized carbons (Fsp3) is 0.500. The minimum Gasteiger partial charge on any atom is -0.264 e. The van der Waals surface area contributed by atoms with Crippen LogP contribution >= 0.6 is 23.2 Å². The maximum atomic E-state index is 6.04. The lowest BCUT2D eigenvalue weighted by Gasteiger charge is -2.11. The largest absolute Gasteiger partial charge is 0.264 e. The number of hydrogen-bond donors (Lipinski definition) is 0. The SMILES string of the molecule is CCCCC/C(CCl)=C(/CCl)c1cccnc1. The molecule has 1 heterocycles. The number of hydrogen-bond acceptors (Lipinski definition) is 1. The summed E-state index contributed by atoms with van der Waals surface area (Å²) in [5, 5.41) is 0. The number of allylic oxidation sites excluding steroid dienone is 2. The third-order valence-corrected chi connectivity index (χ3v) is 3.40. The molecule has 0 aliphatic heterocycles. The maximum Gasteiger partial charge on any atom is 0.0480 e. The summed E-state index contributed by atoms with van der Waals surface area (Å²) in [6.45, 7) is 2.20. The van der Waals surface area contributed by atoms with Gasteiger partial charge in [-0.3, -0.25) is 4.98 Å². The summed E-state index contributed by atoms with van der Waals surface area (Å²) in [5.41, 5.74) is 3.49. The van der Waals surface area contributed by atoms with Gasteiger partial charge in [0, 0.05) is 24.2 Å². The molecule has 1 rings (SSSR count). The van der Waals surface area contributed by atoms with Gasteiger partial charge < -0.3 is 0 Å². The number of aromatic nitrogens is 1. The molecule has 0 unspecified atom stereocenters. The molecule has 0 aromatic carbocycles. The predicted octanol–water partition coefficient (Wildman–Crippen LogP) is 4.89. The van der Waals surface area contributed by atoms with Gasteiger partial charge in [0.05, 0.1) is 0 Å². The van der Waals surface area contributed by atoms with E-state index in [1.165, 1.54) is 24.8 Å². The van der Waals surface area contributed by atoms with Crippen molar-refractivity contribution in [3.05, 3.63) is 35.7 Å². The van der Waals surface area contributed by atoms with Crippen molar-refractivity contribution < 1.29 is 0 Å². The smallest absolute Gasteiger partial charge is 0.0480 e. The second kappa shape index (κ2) is 8.54. The number of pyridine rings is 1. The molecular formula is C14H19Cl2N. The third-order valence-electron chi connectivity index (χ3n) is 2.81. The van der Waals surface area contributed by atoms with Gasteiger partial charge in [0.15, 0.2) is 0 Å². The molecule has 0 spiro atoms. The van der Waals surface area contributed by atoms with Crippen LogP contribution in [0.1, 0.15) is 38.2 Å². The molecule has 0 radical (unpaired) electrons. The van der Waals surface area contributed by atoms with Crippen molar-refractivity contribution >= 4 is 28.8 Å². The molecule has 0 saturated heterocycles. The number of nitrogens with zero attached hydrogens (tertiary/aromatic N) is 1. The Morgan fingerprint density at radius 1 is 1.24 bits per heavy atom. The van der Waals surface area contributed by atoms with Crippen molar-refractivity contribution in [3.63, 3.8) is 0 Å². The lowest BCUT2D eigenvalue weighted by Crippen LogP contribution is -1.97. The molecule has 0 amide bonds. The molecule has 1 aromatic rings. The average molecular weight is 272 g/mol. The van der Waals surface area contributed by atoms with E-state index < -0.39 is 0 Å². The molecule has 94 valence electrons. The monoisotopic (exact) mass is 271 g/mol. The van der Waals surface area contributed by atoms with Crippen LogP contribution in [-0.2, 0) is 0 Å². The highest BCUT2D eigenvalue weighted by atomic mass is 35.5. The average Bonchev–Trinajstić information content (AvgIpc) is 2.39. The van der Waals surface area contributed by atoms with Gasteiger partial charge in [-0.05, 0) is 30.0 Å².